The van der Waals surface area contributed by atoms with E-state index >= 15 is 0 Å². The summed E-state index contributed by atoms with van der Waals surface area (Å²) in [5.41, 5.74) is 0.108. The van der Waals surface area contributed by atoms with Gasteiger partial charge in [-0.15, -0.1) is 0 Å². The van der Waals surface area contributed by atoms with Crippen LogP contribution in [0, 0.1) is 5.92 Å². The summed E-state index contributed by atoms with van der Waals surface area (Å²) in [4.78, 5) is 23.0. The van der Waals surface area contributed by atoms with Crippen molar-refractivity contribution in [2.24, 2.45) is 5.92 Å². The number of benzene rings is 1. The zero-order valence-electron chi connectivity index (χ0n) is 11.4. The molecular weight excluding hydrogens is 282 g/mol. The van der Waals surface area contributed by atoms with Crippen LogP contribution in [0.5, 0.6) is 0 Å². The molecule has 8 heteroatoms. The van der Waals surface area contributed by atoms with Crippen molar-refractivity contribution in [2.45, 2.75) is 19.8 Å². The first-order valence-electron chi connectivity index (χ1n) is 6.24. The van der Waals surface area contributed by atoms with E-state index in [0.717, 1.165) is 0 Å². The van der Waals surface area contributed by atoms with Gasteiger partial charge in [-0.25, -0.2) is 14.5 Å². The number of carbonyl (C=O) groups excluding carboxylic acids is 1. The summed E-state index contributed by atoms with van der Waals surface area (Å²) in [5.74, 6) is -5.96. The molecule has 1 aromatic heterocycles. The fourth-order valence-corrected chi connectivity index (χ4v) is 1.64. The van der Waals surface area contributed by atoms with Crippen LogP contribution < -0.4 is 11.0 Å². The SMILES string of the molecule is CC(C)C(F)(F)C(=O)Nc1cccc(-n2cn[nH]c2=O)c1. The molecule has 0 spiro atoms. The van der Waals surface area contributed by atoms with Crippen LogP contribution in [-0.2, 0) is 4.79 Å². The number of hydrogen-bond acceptors (Lipinski definition) is 3. The van der Waals surface area contributed by atoms with E-state index in [-0.39, 0.29) is 5.69 Å². The summed E-state index contributed by atoms with van der Waals surface area (Å²) in [6, 6.07) is 6.00. The third kappa shape index (κ3) is 2.99. The van der Waals surface area contributed by atoms with Crippen LogP contribution in [0.2, 0.25) is 0 Å². The summed E-state index contributed by atoms with van der Waals surface area (Å²) >= 11 is 0. The topological polar surface area (TPSA) is 79.8 Å². The number of nitrogens with one attached hydrogen (secondary N) is 2. The third-order valence-corrected chi connectivity index (χ3v) is 2.96. The molecule has 1 heterocycles. The molecule has 2 N–H and O–H groups in total. The molecule has 2 aromatic rings. The molecule has 0 aliphatic heterocycles. The Balaban J connectivity index is 2.25. The molecule has 0 atom stereocenters. The lowest BCUT2D eigenvalue weighted by molar-refractivity contribution is -0.145. The minimum absolute atomic E-state index is 0.172. The first kappa shape index (κ1) is 14.9. The van der Waals surface area contributed by atoms with Crippen LogP contribution in [0.4, 0.5) is 14.5 Å². The zero-order valence-corrected chi connectivity index (χ0v) is 11.4. The highest BCUT2D eigenvalue weighted by molar-refractivity contribution is 5.96. The van der Waals surface area contributed by atoms with Gasteiger partial charge < -0.3 is 5.32 Å². The fourth-order valence-electron chi connectivity index (χ4n) is 1.64. The van der Waals surface area contributed by atoms with Gasteiger partial charge in [-0.05, 0) is 18.2 Å². The maximum Gasteiger partial charge on any atom is 0.347 e. The lowest BCUT2D eigenvalue weighted by Gasteiger charge is -2.19. The van der Waals surface area contributed by atoms with Crippen molar-refractivity contribution in [3.05, 3.63) is 41.1 Å². The van der Waals surface area contributed by atoms with E-state index in [1.807, 2.05) is 0 Å². The Hall–Kier alpha value is -2.51. The maximum absolute atomic E-state index is 13.6. The molecule has 1 amide bonds. The Labute approximate surface area is 118 Å². The molecule has 0 radical (unpaired) electrons. The molecule has 0 aliphatic rings. The minimum atomic E-state index is -3.47. The summed E-state index contributed by atoms with van der Waals surface area (Å²) < 4.78 is 28.4. The molecule has 0 saturated heterocycles. The number of carbonyl (C=O) groups is 1. The van der Waals surface area contributed by atoms with E-state index in [1.165, 1.54) is 42.9 Å². The summed E-state index contributed by atoms with van der Waals surface area (Å²) in [6.45, 7) is 2.53. The smallest absolute Gasteiger partial charge is 0.321 e. The molecule has 0 aliphatic carbocycles. The molecule has 1 aromatic carbocycles. The summed E-state index contributed by atoms with van der Waals surface area (Å²) in [7, 11) is 0. The van der Waals surface area contributed by atoms with Crippen molar-refractivity contribution in [3.8, 4) is 5.69 Å². The fraction of sp³-hybridized carbons (Fsp3) is 0.308. The van der Waals surface area contributed by atoms with Gasteiger partial charge in [0.05, 0.1) is 5.69 Å². The van der Waals surface area contributed by atoms with E-state index in [1.54, 1.807) is 6.07 Å². The highest BCUT2D eigenvalue weighted by Crippen LogP contribution is 2.26. The van der Waals surface area contributed by atoms with Gasteiger partial charge in [0, 0.05) is 11.6 Å². The van der Waals surface area contributed by atoms with Crippen molar-refractivity contribution in [3.63, 3.8) is 0 Å². The van der Waals surface area contributed by atoms with Crippen molar-refractivity contribution in [1.82, 2.24) is 14.8 Å². The lowest BCUT2D eigenvalue weighted by atomic mass is 10.1. The van der Waals surface area contributed by atoms with Crippen molar-refractivity contribution in [2.75, 3.05) is 5.32 Å². The first-order chi connectivity index (χ1) is 9.82. The predicted octanol–water partition coefficient (Wildman–Crippen LogP) is 1.79. The largest absolute Gasteiger partial charge is 0.347 e. The standard InChI is InChI=1S/C13H14F2N4O2/c1-8(2)13(14,15)11(20)17-9-4-3-5-10(6-9)19-7-16-18-12(19)21/h3-8H,1-2H3,(H,17,20)(H,18,21). The second-order valence-corrected chi connectivity index (χ2v) is 4.81. The van der Waals surface area contributed by atoms with Crippen LogP contribution in [0.15, 0.2) is 35.4 Å². The first-order valence-corrected chi connectivity index (χ1v) is 6.24. The quantitative estimate of drug-likeness (QED) is 0.902. The number of nitrogens with zero attached hydrogens (tertiary/aromatic N) is 2. The number of rotatable bonds is 4. The van der Waals surface area contributed by atoms with Crippen LogP contribution in [-0.4, -0.2) is 26.6 Å². The number of anilines is 1. The number of aromatic amines is 1. The Morgan fingerprint density at radius 3 is 2.71 bits per heavy atom. The Morgan fingerprint density at radius 2 is 2.14 bits per heavy atom. The predicted molar refractivity (Wildman–Crippen MR) is 72.6 cm³/mol. The second-order valence-electron chi connectivity index (χ2n) is 4.81. The number of alkyl halides is 2. The summed E-state index contributed by atoms with van der Waals surface area (Å²) in [6.07, 6.45) is 1.26. The van der Waals surface area contributed by atoms with E-state index in [9.17, 15) is 18.4 Å². The highest BCUT2D eigenvalue weighted by atomic mass is 19.3. The van der Waals surface area contributed by atoms with E-state index in [0.29, 0.717) is 5.69 Å². The van der Waals surface area contributed by atoms with Gasteiger partial charge in [-0.1, -0.05) is 19.9 Å². The number of hydrogen-bond donors (Lipinski definition) is 2. The van der Waals surface area contributed by atoms with E-state index in [2.05, 4.69) is 15.5 Å². The van der Waals surface area contributed by atoms with Gasteiger partial charge in [0.1, 0.15) is 6.33 Å². The van der Waals surface area contributed by atoms with Gasteiger partial charge in [-0.2, -0.15) is 13.9 Å². The minimum Gasteiger partial charge on any atom is -0.321 e. The normalized spacial score (nSPS) is 11.7. The Bertz CT molecular complexity index is 706. The van der Waals surface area contributed by atoms with Crippen LogP contribution in [0.25, 0.3) is 5.69 Å². The van der Waals surface area contributed by atoms with Crippen LogP contribution in [0.1, 0.15) is 13.8 Å². The van der Waals surface area contributed by atoms with Gasteiger partial charge in [0.15, 0.2) is 0 Å². The van der Waals surface area contributed by atoms with E-state index < -0.39 is 23.4 Å². The average Bonchev–Trinajstić information content (AvgIpc) is 2.85. The lowest BCUT2D eigenvalue weighted by Crippen LogP contribution is -2.39. The monoisotopic (exact) mass is 296 g/mol. The highest BCUT2D eigenvalue weighted by Gasteiger charge is 2.42. The molecule has 0 bridgehead atoms. The molecule has 21 heavy (non-hydrogen) atoms. The van der Waals surface area contributed by atoms with Crippen LogP contribution in [0.3, 0.4) is 0 Å². The number of halogens is 2. The number of aromatic nitrogens is 3. The maximum atomic E-state index is 13.6. The molecule has 112 valence electrons. The third-order valence-electron chi connectivity index (χ3n) is 2.96. The Morgan fingerprint density at radius 1 is 1.43 bits per heavy atom. The van der Waals surface area contributed by atoms with Gasteiger partial charge in [0.2, 0.25) is 0 Å². The van der Waals surface area contributed by atoms with Crippen molar-refractivity contribution < 1.29 is 13.6 Å². The molecule has 2 rings (SSSR count). The molecule has 6 nitrogen and oxygen atoms in total. The second kappa shape index (κ2) is 5.47. The summed E-state index contributed by atoms with van der Waals surface area (Å²) in [5, 5.41) is 7.94. The Kier molecular flexibility index (Phi) is 3.88. The van der Waals surface area contributed by atoms with Crippen molar-refractivity contribution in [1.29, 1.82) is 0 Å². The van der Waals surface area contributed by atoms with Gasteiger partial charge >= 0.3 is 11.6 Å². The molecule has 0 saturated carbocycles. The average molecular weight is 296 g/mol. The molecular formula is C13H14F2N4O2. The van der Waals surface area contributed by atoms with Crippen molar-refractivity contribution >= 4 is 11.6 Å². The zero-order chi connectivity index (χ0) is 15.6. The van der Waals surface area contributed by atoms with Crippen LogP contribution >= 0.6 is 0 Å². The van der Waals surface area contributed by atoms with Gasteiger partial charge in [0.25, 0.3) is 5.91 Å². The molecule has 0 unspecified atom stereocenters. The molecule has 0 fully saturated rings. The van der Waals surface area contributed by atoms with Gasteiger partial charge in [-0.3, -0.25) is 4.79 Å². The van der Waals surface area contributed by atoms with E-state index in [4.69, 9.17) is 0 Å². The number of H-pyrrole nitrogens is 1. The number of amides is 1.